The molecule has 0 aliphatic carbocycles. The maximum absolute atomic E-state index is 13.2. The molecule has 0 aromatic rings. The van der Waals surface area contributed by atoms with E-state index in [4.69, 9.17) is 4.74 Å². The molecule has 1 amide bonds. The number of hydrogen-bond donors (Lipinski definition) is 3. The number of ether oxygens (including phenoxy) is 1. The molecular weight excluding hydrogens is 827 g/mol. The fourth-order valence-corrected chi connectivity index (χ4v) is 7.60. The third-order valence-electron chi connectivity index (χ3n) is 11.7. The standard InChI is InChI=1S/C61H101NO5/c1-4-7-10-13-16-19-22-25-28-30-32-34-37-40-43-46-49-52-57(67-61(66)54-51-48-45-42-39-36-31-27-24-21-18-15-12-9-6-3)55-60(65)62-58(56-63)59(64)53-50-47-44-41-38-35-33-29-26-23-20-17-14-11-8-5-2/h7,9-10,12,15-16,18-19,21,24-25,27-28,31-32,34,36,39-40,43,57-59,63-64H,4-6,8,11,13-14,17,20,22-23,26,29-30,33,35,37-38,41-42,44-56H2,1-3H3,(H,62,65)/b10-7-,12-9+,18-15+,19-16-,24-21-,28-25-,31-27-,34-32-,39-36+,43-40-. The van der Waals surface area contributed by atoms with Gasteiger partial charge in [0.15, 0.2) is 0 Å². The number of carbonyl (C=O) groups excluding carboxylic acids is 2. The summed E-state index contributed by atoms with van der Waals surface area (Å²) in [5.74, 6) is -0.589. The Bertz CT molecular complexity index is 1410. The van der Waals surface area contributed by atoms with E-state index in [0.717, 1.165) is 96.3 Å². The Morgan fingerprint density at radius 3 is 1.40 bits per heavy atom. The van der Waals surface area contributed by atoms with Crippen molar-refractivity contribution in [3.05, 3.63) is 122 Å². The Morgan fingerprint density at radius 2 is 0.896 bits per heavy atom. The van der Waals surface area contributed by atoms with Crippen molar-refractivity contribution < 1.29 is 24.5 Å². The average molecular weight is 928 g/mol. The van der Waals surface area contributed by atoms with Gasteiger partial charge in [0, 0.05) is 6.42 Å². The maximum atomic E-state index is 13.2. The Balaban J connectivity index is 4.76. The first-order chi connectivity index (χ1) is 33.0. The summed E-state index contributed by atoms with van der Waals surface area (Å²) in [6, 6.07) is -0.738. The van der Waals surface area contributed by atoms with Crippen LogP contribution in [0.5, 0.6) is 0 Å². The van der Waals surface area contributed by atoms with Crippen LogP contribution in [0.1, 0.15) is 226 Å². The third kappa shape index (κ3) is 48.5. The van der Waals surface area contributed by atoms with Crippen LogP contribution in [0.3, 0.4) is 0 Å². The molecule has 0 aliphatic rings. The van der Waals surface area contributed by atoms with Crippen LogP contribution in [0, 0.1) is 0 Å². The third-order valence-corrected chi connectivity index (χ3v) is 11.7. The quantitative estimate of drug-likeness (QED) is 0.0245. The Morgan fingerprint density at radius 1 is 0.463 bits per heavy atom. The molecular formula is C61H101NO5. The lowest BCUT2D eigenvalue weighted by Crippen LogP contribution is -2.46. The van der Waals surface area contributed by atoms with Crippen LogP contribution < -0.4 is 5.32 Å². The van der Waals surface area contributed by atoms with Crippen molar-refractivity contribution >= 4 is 11.9 Å². The molecule has 0 rings (SSSR count). The van der Waals surface area contributed by atoms with Crippen molar-refractivity contribution in [1.82, 2.24) is 5.32 Å². The minimum absolute atomic E-state index is 0.0133. The monoisotopic (exact) mass is 928 g/mol. The lowest BCUT2D eigenvalue weighted by Gasteiger charge is -2.24. The summed E-state index contributed by atoms with van der Waals surface area (Å²) in [5, 5.41) is 23.8. The normalized spacial score (nSPS) is 14.2. The zero-order valence-electron chi connectivity index (χ0n) is 43.2. The van der Waals surface area contributed by atoms with Gasteiger partial charge in [-0.25, -0.2) is 0 Å². The second kappa shape index (κ2) is 53.2. The fraction of sp³-hybridized carbons (Fsp3) is 0.639. The summed E-state index contributed by atoms with van der Waals surface area (Å²) in [4.78, 5) is 26.2. The summed E-state index contributed by atoms with van der Waals surface area (Å²) >= 11 is 0. The molecule has 0 aromatic heterocycles. The molecule has 67 heavy (non-hydrogen) atoms. The number of esters is 1. The van der Waals surface area contributed by atoms with Gasteiger partial charge in [-0.3, -0.25) is 9.59 Å². The van der Waals surface area contributed by atoms with Gasteiger partial charge in [-0.05, 0) is 83.5 Å². The minimum Gasteiger partial charge on any atom is -0.462 e. The molecule has 0 radical (unpaired) electrons. The number of rotatable bonds is 47. The van der Waals surface area contributed by atoms with Crippen molar-refractivity contribution in [3.8, 4) is 0 Å². The lowest BCUT2D eigenvalue weighted by atomic mass is 10.0. The van der Waals surface area contributed by atoms with E-state index >= 15 is 0 Å². The van der Waals surface area contributed by atoms with E-state index in [1.54, 1.807) is 0 Å². The van der Waals surface area contributed by atoms with E-state index in [-0.39, 0.29) is 24.9 Å². The predicted octanol–water partition coefficient (Wildman–Crippen LogP) is 16.8. The number of aliphatic hydroxyl groups excluding tert-OH is 2. The molecule has 3 atom stereocenters. The summed E-state index contributed by atoms with van der Waals surface area (Å²) in [6.07, 6.45) is 74.0. The number of carbonyl (C=O) groups is 2. The van der Waals surface area contributed by atoms with Gasteiger partial charge in [0.1, 0.15) is 6.10 Å². The van der Waals surface area contributed by atoms with Crippen LogP contribution >= 0.6 is 0 Å². The summed E-state index contributed by atoms with van der Waals surface area (Å²) < 4.78 is 5.90. The number of amides is 1. The van der Waals surface area contributed by atoms with Crippen LogP contribution in [0.4, 0.5) is 0 Å². The van der Waals surface area contributed by atoms with Gasteiger partial charge >= 0.3 is 5.97 Å². The Labute approximate surface area is 412 Å². The van der Waals surface area contributed by atoms with E-state index in [2.05, 4.69) is 105 Å². The topological polar surface area (TPSA) is 95.9 Å². The number of allylic oxidation sites excluding steroid dienone is 20. The van der Waals surface area contributed by atoms with Crippen molar-refractivity contribution in [3.63, 3.8) is 0 Å². The van der Waals surface area contributed by atoms with E-state index in [1.165, 1.54) is 83.5 Å². The Hall–Kier alpha value is -3.74. The zero-order chi connectivity index (χ0) is 48.8. The average Bonchev–Trinajstić information content (AvgIpc) is 3.32. The van der Waals surface area contributed by atoms with Crippen LogP contribution in [0.2, 0.25) is 0 Å². The van der Waals surface area contributed by atoms with Crippen LogP contribution in [-0.2, 0) is 14.3 Å². The molecule has 0 saturated heterocycles. The van der Waals surface area contributed by atoms with Gasteiger partial charge < -0.3 is 20.3 Å². The molecule has 0 spiro atoms. The molecule has 0 fully saturated rings. The van der Waals surface area contributed by atoms with Crippen molar-refractivity contribution in [1.29, 1.82) is 0 Å². The minimum atomic E-state index is -0.819. The molecule has 3 unspecified atom stereocenters. The van der Waals surface area contributed by atoms with Gasteiger partial charge in [0.25, 0.3) is 0 Å². The zero-order valence-corrected chi connectivity index (χ0v) is 43.2. The molecule has 0 heterocycles. The molecule has 6 nitrogen and oxygen atoms in total. The smallest absolute Gasteiger partial charge is 0.306 e. The molecule has 0 bridgehead atoms. The first-order valence-electron chi connectivity index (χ1n) is 27.3. The predicted molar refractivity (Wildman–Crippen MR) is 291 cm³/mol. The maximum Gasteiger partial charge on any atom is 0.306 e. The van der Waals surface area contributed by atoms with Crippen molar-refractivity contribution in [2.45, 2.75) is 244 Å². The second-order valence-corrected chi connectivity index (χ2v) is 18.0. The summed E-state index contributed by atoms with van der Waals surface area (Å²) in [7, 11) is 0. The van der Waals surface area contributed by atoms with E-state index in [0.29, 0.717) is 19.3 Å². The Kier molecular flexibility index (Phi) is 50.2. The first-order valence-corrected chi connectivity index (χ1v) is 27.3. The van der Waals surface area contributed by atoms with Gasteiger partial charge in [-0.15, -0.1) is 0 Å². The molecule has 0 saturated carbocycles. The molecule has 0 aromatic carbocycles. The van der Waals surface area contributed by atoms with Crippen LogP contribution in [0.15, 0.2) is 122 Å². The summed E-state index contributed by atoms with van der Waals surface area (Å²) in [5.41, 5.74) is 0. The number of unbranched alkanes of at least 4 members (excludes halogenated alkanes) is 19. The van der Waals surface area contributed by atoms with Crippen molar-refractivity contribution in [2.75, 3.05) is 6.61 Å². The second-order valence-electron chi connectivity index (χ2n) is 18.0. The van der Waals surface area contributed by atoms with E-state index in [1.807, 2.05) is 42.5 Å². The number of hydrogen-bond acceptors (Lipinski definition) is 5. The lowest BCUT2D eigenvalue weighted by molar-refractivity contribution is -0.151. The molecule has 380 valence electrons. The fourth-order valence-electron chi connectivity index (χ4n) is 7.60. The van der Waals surface area contributed by atoms with Crippen molar-refractivity contribution in [2.24, 2.45) is 0 Å². The van der Waals surface area contributed by atoms with Gasteiger partial charge in [0.2, 0.25) is 5.91 Å². The number of nitrogens with one attached hydrogen (secondary N) is 1. The van der Waals surface area contributed by atoms with Gasteiger partial charge in [-0.2, -0.15) is 0 Å². The van der Waals surface area contributed by atoms with E-state index in [9.17, 15) is 19.8 Å². The highest BCUT2D eigenvalue weighted by Crippen LogP contribution is 2.17. The van der Waals surface area contributed by atoms with Crippen LogP contribution in [0.25, 0.3) is 0 Å². The highest BCUT2D eigenvalue weighted by Gasteiger charge is 2.24. The highest BCUT2D eigenvalue weighted by molar-refractivity contribution is 5.77. The number of aliphatic hydroxyl groups is 2. The van der Waals surface area contributed by atoms with Gasteiger partial charge in [-0.1, -0.05) is 251 Å². The molecule has 0 aliphatic heterocycles. The SMILES string of the molecule is CC/C=C\C/C=C\C/C=C\C/C=C\C/C=C\CCCC(CC(=O)NC(CO)C(O)CCCCCCCCCCCCCCCCCC)OC(=O)CCCCC/C=C/C=C\C=C/C=C/C=C/CC. The van der Waals surface area contributed by atoms with Gasteiger partial charge in [0.05, 0.1) is 25.2 Å². The first kappa shape index (κ1) is 63.3. The summed E-state index contributed by atoms with van der Waals surface area (Å²) in [6.45, 7) is 6.20. The molecule has 3 N–H and O–H groups in total. The molecule has 6 heteroatoms. The van der Waals surface area contributed by atoms with E-state index < -0.39 is 18.2 Å². The van der Waals surface area contributed by atoms with Crippen LogP contribution in [-0.4, -0.2) is 46.9 Å². The highest BCUT2D eigenvalue weighted by atomic mass is 16.5. The largest absolute Gasteiger partial charge is 0.462 e.